The van der Waals surface area contributed by atoms with E-state index in [4.69, 9.17) is 4.74 Å². The smallest absolute Gasteiger partial charge is 0.338 e. The Kier molecular flexibility index (Phi) is 4.16. The minimum absolute atomic E-state index is 0.229. The minimum atomic E-state index is -0.286. The van der Waals surface area contributed by atoms with Gasteiger partial charge in [0, 0.05) is 16.1 Å². The third-order valence-corrected chi connectivity index (χ3v) is 5.96. The van der Waals surface area contributed by atoms with Crippen LogP contribution in [0, 0.1) is 12.8 Å². The molecule has 1 aliphatic heterocycles. The Morgan fingerprint density at radius 1 is 1.20 bits per heavy atom. The average molecular weight is 398 g/mol. The summed E-state index contributed by atoms with van der Waals surface area (Å²) in [6, 6.07) is 12.7. The second-order valence-electron chi connectivity index (χ2n) is 6.72. The van der Waals surface area contributed by atoms with Crippen molar-refractivity contribution in [3.63, 3.8) is 0 Å². The standard InChI is InChI=1S/C21H20BrNO2/c1-12-15(21(24)25-2)10-11-18-16-4-3-5-17(16)20(23-19(12)18)13-6-8-14(22)9-7-13/h3-4,6-11,16-17,20,23H,5H2,1-2H3. The molecule has 0 saturated heterocycles. The molecule has 1 N–H and O–H groups in total. The molecule has 0 bridgehead atoms. The molecule has 0 amide bonds. The van der Waals surface area contributed by atoms with E-state index in [9.17, 15) is 4.79 Å². The molecule has 3 unspecified atom stereocenters. The summed E-state index contributed by atoms with van der Waals surface area (Å²) in [5.74, 6) is 0.596. The van der Waals surface area contributed by atoms with Crippen LogP contribution in [0.1, 0.15) is 45.4 Å². The Balaban J connectivity index is 1.81. The van der Waals surface area contributed by atoms with Crippen molar-refractivity contribution in [3.8, 4) is 0 Å². The number of ether oxygens (including phenoxy) is 1. The van der Waals surface area contributed by atoms with E-state index in [0.717, 1.165) is 22.1 Å². The highest BCUT2D eigenvalue weighted by Gasteiger charge is 2.38. The average Bonchev–Trinajstić information content (AvgIpc) is 3.12. The molecule has 0 radical (unpaired) electrons. The van der Waals surface area contributed by atoms with Gasteiger partial charge >= 0.3 is 5.97 Å². The highest BCUT2D eigenvalue weighted by Crippen LogP contribution is 2.51. The highest BCUT2D eigenvalue weighted by molar-refractivity contribution is 9.10. The van der Waals surface area contributed by atoms with Crippen LogP contribution in [0.2, 0.25) is 0 Å². The molecule has 4 heteroatoms. The lowest BCUT2D eigenvalue weighted by atomic mass is 9.76. The zero-order valence-electron chi connectivity index (χ0n) is 14.3. The van der Waals surface area contributed by atoms with Gasteiger partial charge in [-0.05, 0) is 54.2 Å². The van der Waals surface area contributed by atoms with Crippen molar-refractivity contribution in [1.29, 1.82) is 0 Å². The van der Waals surface area contributed by atoms with Gasteiger partial charge in [-0.2, -0.15) is 0 Å². The summed E-state index contributed by atoms with van der Waals surface area (Å²) in [6.07, 6.45) is 5.66. The topological polar surface area (TPSA) is 38.3 Å². The van der Waals surface area contributed by atoms with Gasteiger partial charge in [-0.1, -0.05) is 46.3 Å². The molecule has 3 nitrogen and oxygen atoms in total. The maximum Gasteiger partial charge on any atom is 0.338 e. The molecule has 0 saturated carbocycles. The number of rotatable bonds is 2. The molecular formula is C21H20BrNO2. The summed E-state index contributed by atoms with van der Waals surface area (Å²) in [6.45, 7) is 2.00. The molecule has 128 valence electrons. The molecule has 2 aliphatic rings. The van der Waals surface area contributed by atoms with Crippen LogP contribution in [0.4, 0.5) is 5.69 Å². The first-order chi connectivity index (χ1) is 12.1. The predicted octanol–water partition coefficient (Wildman–Crippen LogP) is 5.37. The third-order valence-electron chi connectivity index (χ3n) is 5.43. The Morgan fingerprint density at radius 2 is 1.96 bits per heavy atom. The Morgan fingerprint density at radius 3 is 2.68 bits per heavy atom. The quantitative estimate of drug-likeness (QED) is 0.546. The van der Waals surface area contributed by atoms with Gasteiger partial charge in [-0.3, -0.25) is 0 Å². The maximum atomic E-state index is 12.1. The number of hydrogen-bond donors (Lipinski definition) is 1. The van der Waals surface area contributed by atoms with Crippen LogP contribution < -0.4 is 5.32 Å². The molecule has 4 rings (SSSR count). The maximum absolute atomic E-state index is 12.1. The molecule has 3 atom stereocenters. The van der Waals surface area contributed by atoms with Crippen molar-refractivity contribution in [2.75, 3.05) is 12.4 Å². The van der Waals surface area contributed by atoms with Gasteiger partial charge in [0.25, 0.3) is 0 Å². The fraction of sp³-hybridized carbons (Fsp3) is 0.286. The van der Waals surface area contributed by atoms with Crippen LogP contribution in [0.5, 0.6) is 0 Å². The van der Waals surface area contributed by atoms with Gasteiger partial charge in [-0.15, -0.1) is 0 Å². The van der Waals surface area contributed by atoms with Crippen molar-refractivity contribution in [2.45, 2.75) is 25.3 Å². The van der Waals surface area contributed by atoms with E-state index in [1.54, 1.807) is 0 Å². The summed E-state index contributed by atoms with van der Waals surface area (Å²) < 4.78 is 6.01. The Labute approximate surface area is 156 Å². The third kappa shape index (κ3) is 2.69. The molecule has 1 aliphatic carbocycles. The number of fused-ring (bicyclic) bond motifs is 3. The SMILES string of the molecule is COC(=O)c1ccc2c(c1C)NC(c1ccc(Br)cc1)C1CC=CC21. The van der Waals surface area contributed by atoms with Gasteiger partial charge in [0.2, 0.25) is 0 Å². The van der Waals surface area contributed by atoms with E-state index in [0.29, 0.717) is 17.4 Å². The lowest BCUT2D eigenvalue weighted by Crippen LogP contribution is -2.30. The molecular weight excluding hydrogens is 378 g/mol. The number of nitrogens with one attached hydrogen (secondary N) is 1. The number of halogens is 1. The summed E-state index contributed by atoms with van der Waals surface area (Å²) in [4.78, 5) is 12.1. The summed E-state index contributed by atoms with van der Waals surface area (Å²) in [5.41, 5.74) is 5.21. The largest absolute Gasteiger partial charge is 0.465 e. The number of esters is 1. The summed E-state index contributed by atoms with van der Waals surface area (Å²) in [7, 11) is 1.43. The van der Waals surface area contributed by atoms with Crippen molar-refractivity contribution < 1.29 is 9.53 Å². The van der Waals surface area contributed by atoms with Crippen molar-refractivity contribution >= 4 is 27.6 Å². The van der Waals surface area contributed by atoms with Crippen LogP contribution in [-0.2, 0) is 4.74 Å². The number of allylic oxidation sites excluding steroid dienone is 2. The fourth-order valence-corrected chi connectivity index (χ4v) is 4.41. The fourth-order valence-electron chi connectivity index (χ4n) is 4.15. The van der Waals surface area contributed by atoms with Gasteiger partial charge in [-0.25, -0.2) is 4.79 Å². The number of benzene rings is 2. The predicted molar refractivity (Wildman–Crippen MR) is 103 cm³/mol. The van der Waals surface area contributed by atoms with Crippen LogP contribution in [0.15, 0.2) is 53.0 Å². The normalized spacial score (nSPS) is 23.6. The van der Waals surface area contributed by atoms with E-state index in [-0.39, 0.29) is 12.0 Å². The number of carbonyl (C=O) groups excluding carboxylic acids is 1. The van der Waals surface area contributed by atoms with Gasteiger partial charge in [0.05, 0.1) is 18.7 Å². The molecule has 2 aromatic carbocycles. The summed E-state index contributed by atoms with van der Waals surface area (Å²) >= 11 is 3.51. The number of carbonyl (C=O) groups is 1. The molecule has 2 aromatic rings. The van der Waals surface area contributed by atoms with E-state index in [1.807, 2.05) is 13.0 Å². The second-order valence-corrected chi connectivity index (χ2v) is 7.64. The zero-order chi connectivity index (χ0) is 17.6. The highest BCUT2D eigenvalue weighted by atomic mass is 79.9. The van der Waals surface area contributed by atoms with Crippen LogP contribution in [-0.4, -0.2) is 13.1 Å². The zero-order valence-corrected chi connectivity index (χ0v) is 15.8. The van der Waals surface area contributed by atoms with Crippen LogP contribution >= 0.6 is 15.9 Å². The first-order valence-electron chi connectivity index (χ1n) is 8.50. The minimum Gasteiger partial charge on any atom is -0.465 e. The van der Waals surface area contributed by atoms with Crippen LogP contribution in [0.3, 0.4) is 0 Å². The molecule has 25 heavy (non-hydrogen) atoms. The first-order valence-corrected chi connectivity index (χ1v) is 9.30. The van der Waals surface area contributed by atoms with Crippen molar-refractivity contribution in [1.82, 2.24) is 0 Å². The van der Waals surface area contributed by atoms with Gasteiger partial charge in [0.15, 0.2) is 0 Å². The van der Waals surface area contributed by atoms with Crippen molar-refractivity contribution in [3.05, 3.63) is 75.3 Å². The molecule has 1 heterocycles. The lowest BCUT2D eigenvalue weighted by Gasteiger charge is -2.38. The molecule has 0 fully saturated rings. The van der Waals surface area contributed by atoms with Gasteiger partial charge < -0.3 is 10.1 Å². The van der Waals surface area contributed by atoms with E-state index >= 15 is 0 Å². The Bertz CT molecular complexity index is 857. The molecule has 0 spiro atoms. The van der Waals surface area contributed by atoms with E-state index in [1.165, 1.54) is 18.2 Å². The van der Waals surface area contributed by atoms with E-state index < -0.39 is 0 Å². The van der Waals surface area contributed by atoms with Gasteiger partial charge in [0.1, 0.15) is 0 Å². The summed E-state index contributed by atoms with van der Waals surface area (Å²) in [5, 5.41) is 3.73. The van der Waals surface area contributed by atoms with Crippen molar-refractivity contribution in [2.24, 2.45) is 5.92 Å². The van der Waals surface area contributed by atoms with Crippen LogP contribution in [0.25, 0.3) is 0 Å². The number of methoxy groups -OCH3 is 1. The van der Waals surface area contributed by atoms with E-state index in [2.05, 4.69) is 63.7 Å². The Hall–Kier alpha value is -2.07. The lowest BCUT2D eigenvalue weighted by molar-refractivity contribution is 0.0600. The first kappa shape index (κ1) is 16.4. The number of anilines is 1. The monoisotopic (exact) mass is 397 g/mol. The number of hydrogen-bond acceptors (Lipinski definition) is 3. The molecule has 0 aromatic heterocycles. The second kappa shape index (κ2) is 6.34.